The van der Waals surface area contributed by atoms with Crippen molar-refractivity contribution in [2.45, 2.75) is 6.92 Å². The Kier molecular flexibility index (Phi) is 4.52. The number of aromatic nitrogens is 1. The van der Waals surface area contributed by atoms with Gasteiger partial charge in [-0.25, -0.2) is 0 Å². The molecule has 0 aliphatic carbocycles. The second kappa shape index (κ2) is 6.92. The smallest absolute Gasteiger partial charge is 0.191 e. The van der Waals surface area contributed by atoms with E-state index in [1.165, 1.54) is 0 Å². The normalized spacial score (nSPS) is 11.2. The van der Waals surface area contributed by atoms with Crippen molar-refractivity contribution >= 4 is 22.9 Å². The van der Waals surface area contributed by atoms with Gasteiger partial charge in [0.25, 0.3) is 0 Å². The van der Waals surface area contributed by atoms with Crippen molar-refractivity contribution in [3.8, 4) is 5.75 Å². The number of rotatable bonds is 6. The molecule has 1 N–H and O–H groups in total. The van der Waals surface area contributed by atoms with Gasteiger partial charge >= 0.3 is 0 Å². The van der Waals surface area contributed by atoms with Gasteiger partial charge in [0, 0.05) is 17.9 Å². The lowest BCUT2D eigenvalue weighted by Gasteiger charge is -2.06. The topological polar surface area (TPSA) is 54.4 Å². The summed E-state index contributed by atoms with van der Waals surface area (Å²) in [5.74, 6) is 0.687. The molecule has 3 rings (SSSR count). The molecule has 116 valence electrons. The molecular weight excluding hydrogens is 288 g/mol. The fraction of sp³-hybridized carbons (Fsp3) is 0.158. The predicted molar refractivity (Wildman–Crippen MR) is 92.4 cm³/mol. The standard InChI is InChI=1S/C19H18N2O2/c1-14-4-2-3-5-19(14)23-13-17(22)12-20-11-15-6-7-16-8-9-21-18(16)10-15/h2-11,21H,12-13H2,1H3. The molecule has 2 aromatic carbocycles. The van der Waals surface area contributed by atoms with E-state index < -0.39 is 0 Å². The quantitative estimate of drug-likeness (QED) is 0.708. The van der Waals surface area contributed by atoms with Gasteiger partial charge in [-0.2, -0.15) is 0 Å². The Hall–Kier alpha value is -2.88. The molecule has 3 aromatic rings. The molecule has 0 aliphatic rings. The zero-order valence-corrected chi connectivity index (χ0v) is 13.0. The lowest BCUT2D eigenvalue weighted by Crippen LogP contribution is -2.14. The van der Waals surface area contributed by atoms with Gasteiger partial charge in [-0.15, -0.1) is 0 Å². The minimum absolute atomic E-state index is 0.0395. The number of carbonyl (C=O) groups is 1. The molecule has 0 radical (unpaired) electrons. The van der Waals surface area contributed by atoms with Gasteiger partial charge in [-0.1, -0.05) is 30.3 Å². The van der Waals surface area contributed by atoms with Crippen LogP contribution in [0.2, 0.25) is 0 Å². The summed E-state index contributed by atoms with van der Waals surface area (Å²) in [7, 11) is 0. The van der Waals surface area contributed by atoms with Crippen LogP contribution in [0.4, 0.5) is 0 Å². The van der Waals surface area contributed by atoms with Crippen LogP contribution < -0.4 is 4.74 Å². The Morgan fingerprint density at radius 2 is 2.09 bits per heavy atom. The molecule has 0 aliphatic heterocycles. The summed E-state index contributed by atoms with van der Waals surface area (Å²) in [6, 6.07) is 15.7. The van der Waals surface area contributed by atoms with Gasteiger partial charge in [0.05, 0.1) is 0 Å². The van der Waals surface area contributed by atoms with Crippen molar-refractivity contribution in [3.63, 3.8) is 0 Å². The molecule has 4 nitrogen and oxygen atoms in total. The van der Waals surface area contributed by atoms with Crippen molar-refractivity contribution in [2.75, 3.05) is 13.2 Å². The Balaban J connectivity index is 1.53. The maximum atomic E-state index is 11.8. The number of carbonyl (C=O) groups excluding carboxylic acids is 1. The van der Waals surface area contributed by atoms with Crippen molar-refractivity contribution in [3.05, 3.63) is 65.9 Å². The number of ketones is 1. The highest BCUT2D eigenvalue weighted by atomic mass is 16.5. The number of nitrogens with zero attached hydrogens (tertiary/aromatic N) is 1. The maximum absolute atomic E-state index is 11.8. The van der Waals surface area contributed by atoms with E-state index in [0.29, 0.717) is 0 Å². The number of fused-ring (bicyclic) bond motifs is 1. The Bertz CT molecular complexity index is 849. The van der Waals surface area contributed by atoms with E-state index in [1.807, 2.05) is 61.7 Å². The van der Waals surface area contributed by atoms with E-state index in [1.54, 1.807) is 6.21 Å². The fourth-order valence-electron chi connectivity index (χ4n) is 2.32. The van der Waals surface area contributed by atoms with Crippen molar-refractivity contribution < 1.29 is 9.53 Å². The van der Waals surface area contributed by atoms with E-state index in [-0.39, 0.29) is 18.9 Å². The number of H-pyrrole nitrogens is 1. The number of hydrogen-bond acceptors (Lipinski definition) is 3. The molecule has 1 heterocycles. The van der Waals surface area contributed by atoms with E-state index >= 15 is 0 Å². The number of ether oxygens (including phenoxy) is 1. The van der Waals surface area contributed by atoms with E-state index in [0.717, 1.165) is 27.8 Å². The first-order valence-corrected chi connectivity index (χ1v) is 7.49. The molecular formula is C19H18N2O2. The highest BCUT2D eigenvalue weighted by molar-refractivity contribution is 5.90. The zero-order chi connectivity index (χ0) is 16.1. The van der Waals surface area contributed by atoms with Gasteiger partial charge in [-0.3, -0.25) is 9.79 Å². The fourth-order valence-corrected chi connectivity index (χ4v) is 2.32. The molecule has 0 spiro atoms. The van der Waals surface area contributed by atoms with Crippen LogP contribution >= 0.6 is 0 Å². The molecule has 0 unspecified atom stereocenters. The van der Waals surface area contributed by atoms with E-state index in [9.17, 15) is 4.79 Å². The second-order valence-electron chi connectivity index (χ2n) is 5.39. The largest absolute Gasteiger partial charge is 0.485 e. The summed E-state index contributed by atoms with van der Waals surface area (Å²) in [5.41, 5.74) is 3.04. The van der Waals surface area contributed by atoms with Gasteiger partial charge in [0.1, 0.15) is 18.9 Å². The summed E-state index contributed by atoms with van der Waals surface area (Å²) < 4.78 is 5.52. The van der Waals surface area contributed by atoms with Crippen LogP contribution in [-0.2, 0) is 4.79 Å². The van der Waals surface area contributed by atoms with Crippen LogP contribution in [0.3, 0.4) is 0 Å². The summed E-state index contributed by atoms with van der Waals surface area (Å²) in [6.45, 7) is 2.11. The second-order valence-corrected chi connectivity index (χ2v) is 5.39. The lowest BCUT2D eigenvalue weighted by atomic mass is 10.2. The van der Waals surface area contributed by atoms with Crippen LogP contribution in [0.15, 0.2) is 59.7 Å². The minimum atomic E-state index is -0.0505. The van der Waals surface area contributed by atoms with Gasteiger partial charge < -0.3 is 9.72 Å². The van der Waals surface area contributed by atoms with E-state index in [4.69, 9.17) is 4.74 Å². The lowest BCUT2D eigenvalue weighted by molar-refractivity contribution is -0.119. The molecule has 0 saturated heterocycles. The van der Waals surface area contributed by atoms with Crippen LogP contribution in [0.1, 0.15) is 11.1 Å². The summed E-state index contributed by atoms with van der Waals surface area (Å²) in [4.78, 5) is 19.2. The first kappa shape index (κ1) is 15.0. The molecule has 23 heavy (non-hydrogen) atoms. The number of para-hydroxylation sites is 1. The van der Waals surface area contributed by atoms with Crippen molar-refractivity contribution in [1.82, 2.24) is 4.98 Å². The number of hydrogen-bond donors (Lipinski definition) is 1. The highest BCUT2D eigenvalue weighted by Crippen LogP contribution is 2.16. The monoisotopic (exact) mass is 306 g/mol. The Labute approximate surface area is 134 Å². The number of aromatic amines is 1. The Morgan fingerprint density at radius 1 is 1.22 bits per heavy atom. The van der Waals surface area contributed by atoms with Crippen LogP contribution in [0.5, 0.6) is 5.75 Å². The zero-order valence-electron chi connectivity index (χ0n) is 13.0. The third kappa shape index (κ3) is 3.86. The number of aliphatic imine (C=N–C) groups is 1. The van der Waals surface area contributed by atoms with Gasteiger partial charge in [0.2, 0.25) is 0 Å². The first-order chi connectivity index (χ1) is 11.2. The van der Waals surface area contributed by atoms with Gasteiger partial charge in [0.15, 0.2) is 5.78 Å². The third-order valence-electron chi connectivity index (χ3n) is 3.57. The molecule has 0 atom stereocenters. The molecule has 0 saturated carbocycles. The average molecular weight is 306 g/mol. The molecule has 4 heteroatoms. The number of Topliss-reactive ketones (excluding diaryl/α,β-unsaturated/α-hetero) is 1. The number of aryl methyl sites for hydroxylation is 1. The number of nitrogens with one attached hydrogen (secondary N) is 1. The highest BCUT2D eigenvalue weighted by Gasteiger charge is 2.03. The Morgan fingerprint density at radius 3 is 2.96 bits per heavy atom. The van der Waals surface area contributed by atoms with Crippen LogP contribution in [0.25, 0.3) is 10.9 Å². The molecule has 1 aromatic heterocycles. The minimum Gasteiger partial charge on any atom is -0.485 e. The maximum Gasteiger partial charge on any atom is 0.191 e. The van der Waals surface area contributed by atoms with E-state index in [2.05, 4.69) is 9.98 Å². The average Bonchev–Trinajstić information content (AvgIpc) is 3.02. The number of benzene rings is 2. The SMILES string of the molecule is Cc1ccccc1OCC(=O)CN=Cc1ccc2cc[nH]c2c1. The molecule has 0 amide bonds. The van der Waals surface area contributed by atoms with Crippen LogP contribution in [0, 0.1) is 6.92 Å². The summed E-state index contributed by atoms with van der Waals surface area (Å²) in [6.07, 6.45) is 3.62. The van der Waals surface area contributed by atoms with Crippen molar-refractivity contribution in [2.24, 2.45) is 4.99 Å². The van der Waals surface area contributed by atoms with Gasteiger partial charge in [-0.05, 0) is 41.6 Å². The summed E-state index contributed by atoms with van der Waals surface area (Å²) in [5, 5.41) is 1.16. The molecule has 0 bridgehead atoms. The van der Waals surface area contributed by atoms with Crippen LogP contribution in [-0.4, -0.2) is 30.1 Å². The third-order valence-corrected chi connectivity index (χ3v) is 3.57. The predicted octanol–water partition coefficient (Wildman–Crippen LogP) is 3.54. The molecule has 0 fully saturated rings. The summed E-state index contributed by atoms with van der Waals surface area (Å²) >= 11 is 0. The van der Waals surface area contributed by atoms with Crippen molar-refractivity contribution in [1.29, 1.82) is 0 Å². The first-order valence-electron chi connectivity index (χ1n) is 7.49.